The highest BCUT2D eigenvalue weighted by atomic mass is 32.1. The van der Waals surface area contributed by atoms with Crippen molar-refractivity contribution in [2.24, 2.45) is 0 Å². The van der Waals surface area contributed by atoms with Gasteiger partial charge in [0.25, 0.3) is 0 Å². The number of nitrogens with zero attached hydrogens (tertiary/aromatic N) is 2. The van der Waals surface area contributed by atoms with Crippen molar-refractivity contribution in [3.05, 3.63) is 52.3 Å². The van der Waals surface area contributed by atoms with Gasteiger partial charge in [-0.3, -0.25) is 14.8 Å². The highest BCUT2D eigenvalue weighted by molar-refractivity contribution is 7.08. The summed E-state index contributed by atoms with van der Waals surface area (Å²) in [6, 6.07) is 8.10. The van der Waals surface area contributed by atoms with Crippen LogP contribution >= 0.6 is 11.3 Å². The van der Waals surface area contributed by atoms with Crippen LogP contribution in [0.25, 0.3) is 10.9 Å². The molecule has 1 N–H and O–H groups in total. The summed E-state index contributed by atoms with van der Waals surface area (Å²) in [5, 5.41) is 12.3. The molecule has 1 saturated heterocycles. The van der Waals surface area contributed by atoms with Crippen LogP contribution in [0.3, 0.4) is 0 Å². The third-order valence-electron chi connectivity index (χ3n) is 4.80. The SMILES string of the molecule is O=C(Cc1ccc2[nH]ncc2c1)C(c1ccsc1)N1CCCCC1. The summed E-state index contributed by atoms with van der Waals surface area (Å²) in [5.41, 5.74) is 3.22. The number of likely N-dealkylation sites (tertiary alicyclic amines) is 1. The molecule has 1 aliphatic heterocycles. The first-order valence-electron chi connectivity index (χ1n) is 8.52. The van der Waals surface area contributed by atoms with Crippen molar-refractivity contribution in [2.45, 2.75) is 31.7 Å². The van der Waals surface area contributed by atoms with Gasteiger partial charge in [-0.2, -0.15) is 16.4 Å². The Morgan fingerprint density at radius 3 is 2.92 bits per heavy atom. The minimum absolute atomic E-state index is 0.100. The Labute approximate surface area is 145 Å². The van der Waals surface area contributed by atoms with E-state index < -0.39 is 0 Å². The number of rotatable bonds is 5. The van der Waals surface area contributed by atoms with E-state index >= 15 is 0 Å². The molecule has 24 heavy (non-hydrogen) atoms. The number of H-pyrrole nitrogens is 1. The molecule has 3 heterocycles. The van der Waals surface area contributed by atoms with Crippen molar-refractivity contribution >= 4 is 28.0 Å². The molecule has 0 spiro atoms. The summed E-state index contributed by atoms with van der Waals surface area (Å²) in [6.45, 7) is 2.04. The van der Waals surface area contributed by atoms with Gasteiger partial charge in [0.2, 0.25) is 0 Å². The Bertz CT molecular complexity index is 818. The van der Waals surface area contributed by atoms with Crippen molar-refractivity contribution in [3.8, 4) is 0 Å². The number of Topliss-reactive ketones (excluding diaryl/α,β-unsaturated/α-hetero) is 1. The fraction of sp³-hybridized carbons (Fsp3) is 0.368. The molecule has 0 amide bonds. The summed E-state index contributed by atoms with van der Waals surface area (Å²) in [5.74, 6) is 0.290. The molecule has 0 saturated carbocycles. The maximum absolute atomic E-state index is 13.1. The van der Waals surface area contributed by atoms with Gasteiger partial charge < -0.3 is 0 Å². The highest BCUT2D eigenvalue weighted by Crippen LogP contribution is 2.28. The fourth-order valence-corrected chi connectivity index (χ4v) is 4.29. The van der Waals surface area contributed by atoms with E-state index in [4.69, 9.17) is 0 Å². The maximum atomic E-state index is 13.1. The predicted molar refractivity (Wildman–Crippen MR) is 97.3 cm³/mol. The number of carbonyl (C=O) groups excluding carboxylic acids is 1. The zero-order valence-corrected chi connectivity index (χ0v) is 14.4. The van der Waals surface area contributed by atoms with Crippen LogP contribution in [0, 0.1) is 0 Å². The third-order valence-corrected chi connectivity index (χ3v) is 5.50. The number of piperidine rings is 1. The number of fused-ring (bicyclic) bond motifs is 1. The van der Waals surface area contributed by atoms with Crippen LogP contribution in [-0.4, -0.2) is 34.0 Å². The van der Waals surface area contributed by atoms with Crippen LogP contribution in [0.2, 0.25) is 0 Å². The molecule has 3 aromatic rings. The average molecular weight is 339 g/mol. The van der Waals surface area contributed by atoms with E-state index in [-0.39, 0.29) is 11.8 Å². The summed E-state index contributed by atoms with van der Waals surface area (Å²) in [7, 11) is 0. The lowest BCUT2D eigenvalue weighted by Gasteiger charge is -2.33. The predicted octanol–water partition coefficient (Wildman–Crippen LogP) is 3.96. The van der Waals surface area contributed by atoms with Crippen LogP contribution < -0.4 is 0 Å². The molecular weight excluding hydrogens is 318 g/mol. The molecule has 0 radical (unpaired) electrons. The van der Waals surface area contributed by atoms with E-state index in [1.807, 2.05) is 18.3 Å². The van der Waals surface area contributed by atoms with Gasteiger partial charge in [0.05, 0.1) is 17.8 Å². The standard InChI is InChI=1S/C19H21N3OS/c23-18(11-14-4-5-17-16(10-14)12-20-21-17)19(15-6-9-24-13-15)22-7-2-1-3-8-22/h4-6,9-10,12-13,19H,1-3,7-8,11H2,(H,20,21). The van der Waals surface area contributed by atoms with E-state index in [9.17, 15) is 4.79 Å². The monoisotopic (exact) mass is 339 g/mol. The number of hydrogen-bond donors (Lipinski definition) is 1. The zero-order chi connectivity index (χ0) is 16.4. The van der Waals surface area contributed by atoms with Gasteiger partial charge in [0.15, 0.2) is 5.78 Å². The zero-order valence-electron chi connectivity index (χ0n) is 13.6. The maximum Gasteiger partial charge on any atom is 0.158 e. The van der Waals surface area contributed by atoms with Crippen LogP contribution in [0.1, 0.15) is 36.4 Å². The number of aromatic amines is 1. The van der Waals surface area contributed by atoms with Crippen molar-refractivity contribution < 1.29 is 4.79 Å². The summed E-state index contributed by atoms with van der Waals surface area (Å²) < 4.78 is 0. The van der Waals surface area contributed by atoms with Crippen LogP contribution in [0.4, 0.5) is 0 Å². The normalized spacial score (nSPS) is 17.2. The first kappa shape index (κ1) is 15.5. The topological polar surface area (TPSA) is 49.0 Å². The number of benzene rings is 1. The van der Waals surface area contributed by atoms with Crippen LogP contribution in [-0.2, 0) is 11.2 Å². The van der Waals surface area contributed by atoms with Crippen molar-refractivity contribution in [3.63, 3.8) is 0 Å². The van der Waals surface area contributed by atoms with Gasteiger partial charge in [-0.25, -0.2) is 0 Å². The van der Waals surface area contributed by atoms with E-state index in [0.717, 1.165) is 35.1 Å². The number of nitrogens with one attached hydrogen (secondary N) is 1. The van der Waals surface area contributed by atoms with E-state index in [2.05, 4.69) is 38.0 Å². The fourth-order valence-electron chi connectivity index (χ4n) is 3.61. The van der Waals surface area contributed by atoms with Gasteiger partial charge in [0, 0.05) is 11.8 Å². The molecule has 4 rings (SSSR count). The Morgan fingerprint density at radius 2 is 2.12 bits per heavy atom. The number of hydrogen-bond acceptors (Lipinski definition) is 4. The first-order chi connectivity index (χ1) is 11.8. The Balaban J connectivity index is 1.58. The second-order valence-electron chi connectivity index (χ2n) is 6.49. The second-order valence-corrected chi connectivity index (χ2v) is 7.27. The van der Waals surface area contributed by atoms with E-state index in [1.54, 1.807) is 11.3 Å². The van der Waals surface area contributed by atoms with Crippen LogP contribution in [0.15, 0.2) is 41.2 Å². The second kappa shape index (κ2) is 6.87. The Hall–Kier alpha value is -1.98. The molecule has 2 aromatic heterocycles. The van der Waals surface area contributed by atoms with Gasteiger partial charge in [-0.05, 0) is 66.0 Å². The molecule has 1 fully saturated rings. The van der Waals surface area contributed by atoms with Gasteiger partial charge in [0.1, 0.15) is 0 Å². The Morgan fingerprint density at radius 1 is 1.25 bits per heavy atom. The molecule has 5 heteroatoms. The molecule has 0 aliphatic carbocycles. The first-order valence-corrected chi connectivity index (χ1v) is 9.46. The molecule has 1 aliphatic rings. The number of aromatic nitrogens is 2. The average Bonchev–Trinajstić information content (AvgIpc) is 3.27. The van der Waals surface area contributed by atoms with Crippen molar-refractivity contribution in [1.29, 1.82) is 0 Å². The summed E-state index contributed by atoms with van der Waals surface area (Å²) >= 11 is 1.67. The molecule has 124 valence electrons. The molecule has 1 aromatic carbocycles. The number of thiophene rings is 1. The van der Waals surface area contributed by atoms with Gasteiger partial charge in [-0.1, -0.05) is 12.5 Å². The van der Waals surface area contributed by atoms with Gasteiger partial charge >= 0.3 is 0 Å². The van der Waals surface area contributed by atoms with Crippen molar-refractivity contribution in [1.82, 2.24) is 15.1 Å². The molecule has 1 atom stereocenters. The minimum atomic E-state index is -0.100. The summed E-state index contributed by atoms with van der Waals surface area (Å²) in [6.07, 6.45) is 5.93. The Kier molecular flexibility index (Phi) is 4.45. The number of carbonyl (C=O) groups is 1. The van der Waals surface area contributed by atoms with E-state index in [0.29, 0.717) is 6.42 Å². The van der Waals surface area contributed by atoms with Crippen LogP contribution in [0.5, 0.6) is 0 Å². The largest absolute Gasteiger partial charge is 0.297 e. The highest BCUT2D eigenvalue weighted by Gasteiger charge is 2.28. The molecule has 4 nitrogen and oxygen atoms in total. The lowest BCUT2D eigenvalue weighted by atomic mass is 9.96. The summed E-state index contributed by atoms with van der Waals surface area (Å²) in [4.78, 5) is 15.5. The van der Waals surface area contributed by atoms with E-state index in [1.165, 1.54) is 19.3 Å². The lowest BCUT2D eigenvalue weighted by molar-refractivity contribution is -0.124. The third kappa shape index (κ3) is 3.14. The molecule has 0 bridgehead atoms. The quantitative estimate of drug-likeness (QED) is 0.765. The lowest BCUT2D eigenvalue weighted by Crippen LogP contribution is -2.38. The van der Waals surface area contributed by atoms with Crippen molar-refractivity contribution in [2.75, 3.05) is 13.1 Å². The molecule has 1 unspecified atom stereocenters. The minimum Gasteiger partial charge on any atom is -0.297 e. The smallest absolute Gasteiger partial charge is 0.158 e. The number of ketones is 1. The van der Waals surface area contributed by atoms with Gasteiger partial charge in [-0.15, -0.1) is 0 Å². The molecular formula is C19H21N3OS.